The smallest absolute Gasteiger partial charge is 0.137 e. The molecular formula is C50H47N5O. The number of hydrogen-bond acceptors (Lipinski definition) is 6. The Kier molecular flexibility index (Phi) is 8.46. The average Bonchev–Trinajstić information content (AvgIpc) is 3.52. The highest BCUT2D eigenvalue weighted by atomic mass is 16.5. The highest BCUT2D eigenvalue weighted by Gasteiger charge is 2.31. The van der Waals surface area contributed by atoms with Crippen molar-refractivity contribution >= 4 is 40.1 Å². The summed E-state index contributed by atoms with van der Waals surface area (Å²) in [5.74, 6) is 3.35. The third-order valence-electron chi connectivity index (χ3n) is 11.0. The lowest BCUT2D eigenvalue weighted by atomic mass is 9.87. The van der Waals surface area contributed by atoms with Crippen molar-refractivity contribution in [3.8, 4) is 33.8 Å². The lowest BCUT2D eigenvalue weighted by molar-refractivity contribution is 0.483. The molecule has 0 radical (unpaired) electrons. The van der Waals surface area contributed by atoms with Gasteiger partial charge in [0.1, 0.15) is 29.8 Å². The zero-order chi connectivity index (χ0) is 38.8. The Hall–Kier alpha value is -6.40. The van der Waals surface area contributed by atoms with Gasteiger partial charge in [-0.2, -0.15) is 0 Å². The van der Waals surface area contributed by atoms with Crippen molar-refractivity contribution in [1.82, 2.24) is 9.97 Å². The predicted molar refractivity (Wildman–Crippen MR) is 232 cm³/mol. The molecule has 7 aromatic rings. The molecule has 2 aromatic heterocycles. The lowest BCUT2D eigenvalue weighted by Crippen LogP contribution is -2.25. The van der Waals surface area contributed by atoms with Gasteiger partial charge in [0.15, 0.2) is 0 Å². The molecule has 6 heteroatoms. The number of aryl methyl sites for hydroxylation is 1. The van der Waals surface area contributed by atoms with Crippen LogP contribution in [0.15, 0.2) is 146 Å². The number of aromatic nitrogens is 2. The zero-order valence-electron chi connectivity index (χ0n) is 33.2. The first kappa shape index (κ1) is 35.3. The van der Waals surface area contributed by atoms with Crippen molar-refractivity contribution in [1.29, 1.82) is 0 Å². The van der Waals surface area contributed by atoms with Crippen molar-refractivity contribution in [3.05, 3.63) is 163 Å². The summed E-state index contributed by atoms with van der Waals surface area (Å²) in [4.78, 5) is 16.9. The molecule has 0 N–H and O–H groups in total. The second-order valence-corrected chi connectivity index (χ2v) is 16.9. The summed E-state index contributed by atoms with van der Waals surface area (Å²) < 4.78 is 6.79. The minimum Gasteiger partial charge on any atom is -0.457 e. The fourth-order valence-electron chi connectivity index (χ4n) is 7.95. The van der Waals surface area contributed by atoms with Crippen LogP contribution in [0.1, 0.15) is 58.2 Å². The Morgan fingerprint density at radius 3 is 1.84 bits per heavy atom. The summed E-state index contributed by atoms with van der Waals surface area (Å²) in [6, 6.07) is 47.3. The van der Waals surface area contributed by atoms with Crippen molar-refractivity contribution in [2.75, 3.05) is 21.4 Å². The van der Waals surface area contributed by atoms with Gasteiger partial charge in [0, 0.05) is 41.3 Å². The molecular weight excluding hydrogens is 687 g/mol. The highest BCUT2D eigenvalue weighted by molar-refractivity contribution is 6.02. The molecule has 278 valence electrons. The van der Waals surface area contributed by atoms with Crippen LogP contribution in [0.3, 0.4) is 0 Å². The maximum atomic E-state index is 6.79. The molecule has 0 saturated heterocycles. The van der Waals surface area contributed by atoms with Crippen LogP contribution in [0, 0.1) is 6.92 Å². The van der Waals surface area contributed by atoms with E-state index in [0.717, 1.165) is 68.3 Å². The lowest BCUT2D eigenvalue weighted by Gasteiger charge is -2.28. The van der Waals surface area contributed by atoms with E-state index >= 15 is 0 Å². The molecule has 2 aliphatic rings. The Bertz CT molecular complexity index is 2620. The summed E-state index contributed by atoms with van der Waals surface area (Å²) in [6.07, 6.45) is 3.95. The summed E-state index contributed by atoms with van der Waals surface area (Å²) in [5.41, 5.74) is 13.7. The normalized spacial score (nSPS) is 13.4. The molecule has 0 spiro atoms. The van der Waals surface area contributed by atoms with Crippen LogP contribution in [0.4, 0.5) is 40.1 Å². The SMILES string of the molecule is Cc1cc(C(C)(C)C)cnc1N1CN(c2cccc(Oc3ccc4c(c3)N(c3cc(C(C)(C)C)ccn3)c3ccccc3-c3ccccc3-4)c2)c2ccccc21. The first-order valence-electron chi connectivity index (χ1n) is 19.4. The molecule has 0 aliphatic carbocycles. The van der Waals surface area contributed by atoms with E-state index in [1.54, 1.807) is 0 Å². The van der Waals surface area contributed by atoms with Gasteiger partial charge in [0.2, 0.25) is 0 Å². The largest absolute Gasteiger partial charge is 0.457 e. The summed E-state index contributed by atoms with van der Waals surface area (Å²) in [7, 11) is 0. The molecule has 56 heavy (non-hydrogen) atoms. The monoisotopic (exact) mass is 733 g/mol. The maximum absolute atomic E-state index is 6.79. The predicted octanol–water partition coefficient (Wildman–Crippen LogP) is 13.5. The molecule has 0 unspecified atom stereocenters. The van der Waals surface area contributed by atoms with Crippen LogP contribution in [0.5, 0.6) is 11.5 Å². The first-order chi connectivity index (χ1) is 26.9. The number of fused-ring (bicyclic) bond motifs is 6. The average molecular weight is 734 g/mol. The molecule has 6 nitrogen and oxygen atoms in total. The molecule has 2 aliphatic heterocycles. The van der Waals surface area contributed by atoms with Crippen LogP contribution < -0.4 is 19.4 Å². The zero-order valence-corrected chi connectivity index (χ0v) is 33.2. The molecule has 0 fully saturated rings. The van der Waals surface area contributed by atoms with Crippen molar-refractivity contribution in [3.63, 3.8) is 0 Å². The van der Waals surface area contributed by atoms with E-state index in [2.05, 4.69) is 191 Å². The number of benzene rings is 5. The fourth-order valence-corrected chi connectivity index (χ4v) is 7.95. The highest BCUT2D eigenvalue weighted by Crippen LogP contribution is 2.52. The Balaban J connectivity index is 1.10. The number of ether oxygens (including phenoxy) is 1. The van der Waals surface area contributed by atoms with E-state index in [9.17, 15) is 0 Å². The van der Waals surface area contributed by atoms with Gasteiger partial charge in [0.05, 0.1) is 22.7 Å². The van der Waals surface area contributed by atoms with Gasteiger partial charge in [-0.25, -0.2) is 9.97 Å². The molecule has 0 bridgehead atoms. The quantitative estimate of drug-likeness (QED) is 0.175. The van der Waals surface area contributed by atoms with Gasteiger partial charge in [-0.1, -0.05) is 108 Å². The number of anilines is 7. The Labute approximate surface area is 330 Å². The second kappa shape index (κ2) is 13.4. The maximum Gasteiger partial charge on any atom is 0.137 e. The van der Waals surface area contributed by atoms with Crippen LogP contribution in [-0.2, 0) is 10.8 Å². The topological polar surface area (TPSA) is 44.7 Å². The van der Waals surface area contributed by atoms with E-state index in [4.69, 9.17) is 14.7 Å². The third-order valence-corrected chi connectivity index (χ3v) is 11.0. The van der Waals surface area contributed by atoms with Crippen LogP contribution >= 0.6 is 0 Å². The van der Waals surface area contributed by atoms with Gasteiger partial charge in [-0.05, 0) is 100 Å². The van der Waals surface area contributed by atoms with E-state index in [1.165, 1.54) is 22.3 Å². The standard InChI is InChI=1S/C50H47N5O/c1-33-27-35(50(5,6)7)31-52-48(33)54-32-53(44-21-12-13-22-45(44)54)36-15-14-16-37(29-36)56-38-23-24-42-40-18-9-8-17-39(40)41-19-10-11-20-43(41)55(46(42)30-38)47-28-34(25-26-51-47)49(2,3)4/h8-31H,32H2,1-7H3. The number of nitrogens with zero attached hydrogens (tertiary/aromatic N) is 5. The van der Waals surface area contributed by atoms with Crippen molar-refractivity contribution in [2.45, 2.75) is 59.3 Å². The van der Waals surface area contributed by atoms with Gasteiger partial charge < -0.3 is 14.5 Å². The number of pyridine rings is 2. The van der Waals surface area contributed by atoms with E-state index < -0.39 is 0 Å². The van der Waals surface area contributed by atoms with E-state index in [1.807, 2.05) is 18.5 Å². The van der Waals surface area contributed by atoms with Gasteiger partial charge in [-0.3, -0.25) is 4.90 Å². The molecule has 4 heterocycles. The summed E-state index contributed by atoms with van der Waals surface area (Å²) >= 11 is 0. The van der Waals surface area contributed by atoms with Crippen LogP contribution in [-0.4, -0.2) is 16.6 Å². The summed E-state index contributed by atoms with van der Waals surface area (Å²) in [6.45, 7) is 16.2. The van der Waals surface area contributed by atoms with E-state index in [-0.39, 0.29) is 10.8 Å². The molecule has 0 amide bonds. The first-order valence-corrected chi connectivity index (χ1v) is 19.4. The van der Waals surface area contributed by atoms with Crippen molar-refractivity contribution < 1.29 is 4.74 Å². The van der Waals surface area contributed by atoms with Gasteiger partial charge >= 0.3 is 0 Å². The molecule has 0 saturated carbocycles. The minimum absolute atomic E-state index is 0.0322. The number of hydrogen-bond donors (Lipinski definition) is 0. The van der Waals surface area contributed by atoms with E-state index in [0.29, 0.717) is 6.67 Å². The van der Waals surface area contributed by atoms with Gasteiger partial charge in [-0.15, -0.1) is 0 Å². The fraction of sp³-hybridized carbons (Fsp3) is 0.200. The van der Waals surface area contributed by atoms with Crippen LogP contribution in [0.25, 0.3) is 22.3 Å². The van der Waals surface area contributed by atoms with Crippen LogP contribution in [0.2, 0.25) is 0 Å². The molecule has 5 aromatic carbocycles. The number of rotatable bonds is 5. The minimum atomic E-state index is -0.0378. The third kappa shape index (κ3) is 6.25. The molecule has 0 atom stereocenters. The second-order valence-electron chi connectivity index (χ2n) is 16.9. The summed E-state index contributed by atoms with van der Waals surface area (Å²) in [5, 5.41) is 0. The Morgan fingerprint density at radius 2 is 1.14 bits per heavy atom. The Morgan fingerprint density at radius 1 is 0.518 bits per heavy atom. The van der Waals surface area contributed by atoms with Crippen molar-refractivity contribution in [2.24, 2.45) is 0 Å². The number of para-hydroxylation sites is 3. The van der Waals surface area contributed by atoms with Gasteiger partial charge in [0.25, 0.3) is 0 Å². The molecule has 9 rings (SSSR count).